The molecule has 31 heavy (non-hydrogen) atoms. The van der Waals surface area contributed by atoms with Crippen LogP contribution in [-0.4, -0.2) is 48.3 Å². The summed E-state index contributed by atoms with van der Waals surface area (Å²) in [6.07, 6.45) is 4.03. The van der Waals surface area contributed by atoms with Crippen molar-refractivity contribution < 1.29 is 14.4 Å². The number of amides is 3. The highest BCUT2D eigenvalue weighted by Crippen LogP contribution is 2.25. The molecule has 162 valence electrons. The molecule has 2 aliphatic rings. The van der Waals surface area contributed by atoms with Gasteiger partial charge in [-0.25, -0.2) is 0 Å². The van der Waals surface area contributed by atoms with Crippen LogP contribution in [0.3, 0.4) is 0 Å². The first-order valence-electron chi connectivity index (χ1n) is 10.7. The molecule has 3 amide bonds. The van der Waals surface area contributed by atoms with Crippen LogP contribution in [0.4, 0.5) is 5.69 Å². The highest BCUT2D eigenvalue weighted by molar-refractivity contribution is 6.31. The van der Waals surface area contributed by atoms with Gasteiger partial charge in [-0.15, -0.1) is 0 Å². The van der Waals surface area contributed by atoms with Crippen molar-refractivity contribution in [3.63, 3.8) is 0 Å². The first kappa shape index (κ1) is 21.4. The van der Waals surface area contributed by atoms with Gasteiger partial charge in [0.1, 0.15) is 0 Å². The van der Waals surface area contributed by atoms with E-state index in [1.807, 2.05) is 29.2 Å². The van der Waals surface area contributed by atoms with Crippen LogP contribution in [0.5, 0.6) is 0 Å². The van der Waals surface area contributed by atoms with E-state index in [-0.39, 0.29) is 30.3 Å². The third kappa shape index (κ3) is 4.90. The Morgan fingerprint density at radius 3 is 2.52 bits per heavy atom. The molecule has 7 heteroatoms. The van der Waals surface area contributed by atoms with Gasteiger partial charge in [0.15, 0.2) is 0 Å². The van der Waals surface area contributed by atoms with E-state index in [1.165, 1.54) is 0 Å². The second-order valence-electron chi connectivity index (χ2n) is 8.06. The number of nitrogens with zero attached hydrogens (tertiary/aromatic N) is 2. The van der Waals surface area contributed by atoms with Crippen LogP contribution >= 0.6 is 11.6 Å². The minimum atomic E-state index is -0.297. The lowest BCUT2D eigenvalue weighted by atomic mass is 10.0. The topological polar surface area (TPSA) is 69.7 Å². The van der Waals surface area contributed by atoms with E-state index in [1.54, 1.807) is 29.2 Å². The molecular weight excluding hydrogens is 414 g/mol. The van der Waals surface area contributed by atoms with E-state index < -0.39 is 0 Å². The van der Waals surface area contributed by atoms with Crippen molar-refractivity contribution in [1.82, 2.24) is 10.2 Å². The number of benzene rings is 2. The van der Waals surface area contributed by atoms with Gasteiger partial charge in [-0.2, -0.15) is 0 Å². The molecule has 0 radical (unpaired) electrons. The van der Waals surface area contributed by atoms with Crippen molar-refractivity contribution in [3.05, 3.63) is 64.7 Å². The van der Waals surface area contributed by atoms with Crippen LogP contribution in [0.1, 0.15) is 41.6 Å². The van der Waals surface area contributed by atoms with Crippen molar-refractivity contribution in [2.75, 3.05) is 24.5 Å². The molecule has 0 bridgehead atoms. The Bertz CT molecular complexity index is 976. The minimum Gasteiger partial charge on any atom is -0.343 e. The molecule has 2 aliphatic heterocycles. The van der Waals surface area contributed by atoms with E-state index in [2.05, 4.69) is 5.32 Å². The van der Waals surface area contributed by atoms with Crippen molar-refractivity contribution in [2.24, 2.45) is 0 Å². The molecule has 0 aromatic heterocycles. The molecule has 2 heterocycles. The van der Waals surface area contributed by atoms with Gasteiger partial charge in [0.2, 0.25) is 11.8 Å². The number of likely N-dealkylation sites (tertiary alicyclic amines) is 1. The Labute approximate surface area is 187 Å². The summed E-state index contributed by atoms with van der Waals surface area (Å²) in [6.45, 7) is 1.37. The molecule has 2 aromatic rings. The minimum absolute atomic E-state index is 0.0375. The van der Waals surface area contributed by atoms with Gasteiger partial charge in [0.25, 0.3) is 5.91 Å². The van der Waals surface area contributed by atoms with Gasteiger partial charge in [-0.1, -0.05) is 29.8 Å². The quantitative estimate of drug-likeness (QED) is 0.749. The van der Waals surface area contributed by atoms with Gasteiger partial charge >= 0.3 is 0 Å². The number of hydrogen-bond donors (Lipinski definition) is 1. The molecule has 4 rings (SSSR count). The zero-order valence-corrected chi connectivity index (χ0v) is 18.1. The molecule has 2 fully saturated rings. The van der Waals surface area contributed by atoms with Crippen molar-refractivity contribution in [2.45, 2.75) is 38.1 Å². The summed E-state index contributed by atoms with van der Waals surface area (Å²) in [6, 6.07) is 14.7. The third-order valence-electron chi connectivity index (χ3n) is 6.03. The summed E-state index contributed by atoms with van der Waals surface area (Å²) >= 11 is 6.28. The molecule has 1 unspecified atom stereocenters. The van der Waals surface area contributed by atoms with Crippen LogP contribution in [0.15, 0.2) is 48.5 Å². The third-order valence-corrected chi connectivity index (χ3v) is 6.39. The normalized spacial score (nSPS) is 18.5. The highest BCUT2D eigenvalue weighted by Gasteiger charge is 2.29. The van der Waals surface area contributed by atoms with Crippen molar-refractivity contribution in [3.8, 4) is 0 Å². The van der Waals surface area contributed by atoms with Gasteiger partial charge in [-0.05, 0) is 61.6 Å². The fourth-order valence-corrected chi connectivity index (χ4v) is 4.58. The fourth-order valence-electron chi connectivity index (χ4n) is 4.37. The van der Waals surface area contributed by atoms with Gasteiger partial charge in [0, 0.05) is 41.8 Å². The predicted octanol–water partition coefficient (Wildman–Crippen LogP) is 3.43. The Morgan fingerprint density at radius 1 is 1.03 bits per heavy atom. The summed E-state index contributed by atoms with van der Waals surface area (Å²) in [5.41, 5.74) is 2.31. The van der Waals surface area contributed by atoms with Gasteiger partial charge in [-0.3, -0.25) is 14.4 Å². The maximum Gasteiger partial charge on any atom is 0.251 e. The lowest BCUT2D eigenvalue weighted by Gasteiger charge is -2.25. The van der Waals surface area contributed by atoms with E-state index >= 15 is 0 Å². The SMILES string of the molecule is O=C(NCC(=O)N1CCCC1Cc1ccccc1Cl)c1ccc(N2CCCC2=O)cc1. The van der Waals surface area contributed by atoms with Crippen LogP contribution in [0.25, 0.3) is 0 Å². The molecule has 0 spiro atoms. The number of carbonyl (C=O) groups excluding carboxylic acids is 3. The summed E-state index contributed by atoms with van der Waals surface area (Å²) in [4.78, 5) is 40.7. The second-order valence-corrected chi connectivity index (χ2v) is 8.46. The first-order chi connectivity index (χ1) is 15.0. The van der Waals surface area contributed by atoms with E-state index in [0.29, 0.717) is 30.1 Å². The zero-order chi connectivity index (χ0) is 21.8. The molecule has 0 aliphatic carbocycles. The monoisotopic (exact) mass is 439 g/mol. The second kappa shape index (κ2) is 9.52. The van der Waals surface area contributed by atoms with E-state index in [0.717, 1.165) is 36.9 Å². The average molecular weight is 440 g/mol. The Morgan fingerprint density at radius 2 is 1.81 bits per heavy atom. The maximum atomic E-state index is 12.8. The maximum absolute atomic E-state index is 12.8. The average Bonchev–Trinajstić information content (AvgIpc) is 3.42. The molecular formula is C24H26ClN3O3. The first-order valence-corrected chi connectivity index (χ1v) is 11.1. The number of carbonyl (C=O) groups is 3. The smallest absolute Gasteiger partial charge is 0.251 e. The van der Waals surface area contributed by atoms with Crippen LogP contribution < -0.4 is 10.2 Å². The van der Waals surface area contributed by atoms with Crippen LogP contribution in [-0.2, 0) is 16.0 Å². The largest absolute Gasteiger partial charge is 0.343 e. The number of hydrogen-bond acceptors (Lipinski definition) is 3. The molecule has 1 atom stereocenters. The lowest BCUT2D eigenvalue weighted by Crippen LogP contribution is -2.43. The van der Waals surface area contributed by atoms with Crippen molar-refractivity contribution in [1.29, 1.82) is 0 Å². The summed E-state index contributed by atoms with van der Waals surface area (Å²) in [5, 5.41) is 3.45. The number of halogens is 1. The lowest BCUT2D eigenvalue weighted by molar-refractivity contribution is -0.130. The Kier molecular flexibility index (Phi) is 6.56. The van der Waals surface area contributed by atoms with E-state index in [9.17, 15) is 14.4 Å². The highest BCUT2D eigenvalue weighted by atomic mass is 35.5. The van der Waals surface area contributed by atoms with Crippen LogP contribution in [0.2, 0.25) is 5.02 Å². The molecule has 0 saturated carbocycles. The number of anilines is 1. The zero-order valence-electron chi connectivity index (χ0n) is 17.4. The standard InChI is InChI=1S/C24H26ClN3O3/c25-21-7-2-1-5-18(21)15-20-6-3-13-28(20)23(30)16-26-24(31)17-9-11-19(12-10-17)27-14-4-8-22(27)29/h1-2,5,7,9-12,20H,3-4,6,8,13-16H2,(H,26,31). The molecule has 6 nitrogen and oxygen atoms in total. The summed E-state index contributed by atoms with van der Waals surface area (Å²) in [7, 11) is 0. The molecule has 1 N–H and O–H groups in total. The summed E-state index contributed by atoms with van der Waals surface area (Å²) < 4.78 is 0. The number of rotatable bonds is 6. The number of nitrogens with one attached hydrogen (secondary N) is 1. The van der Waals surface area contributed by atoms with Gasteiger partial charge < -0.3 is 15.1 Å². The molecule has 2 aromatic carbocycles. The molecule has 2 saturated heterocycles. The fraction of sp³-hybridized carbons (Fsp3) is 0.375. The van der Waals surface area contributed by atoms with Gasteiger partial charge in [0.05, 0.1) is 6.54 Å². The van der Waals surface area contributed by atoms with Crippen LogP contribution in [0, 0.1) is 0 Å². The predicted molar refractivity (Wildman–Crippen MR) is 120 cm³/mol. The Balaban J connectivity index is 1.32. The van der Waals surface area contributed by atoms with Crippen molar-refractivity contribution >= 4 is 35.0 Å². The Hall–Kier alpha value is -2.86. The summed E-state index contributed by atoms with van der Waals surface area (Å²) in [5.74, 6) is -0.267. The van der Waals surface area contributed by atoms with E-state index in [4.69, 9.17) is 11.6 Å².